The van der Waals surface area contributed by atoms with E-state index in [1.165, 1.54) is 15.9 Å². The molecule has 0 amide bonds. The zero-order valence-electron chi connectivity index (χ0n) is 13.6. The Bertz CT molecular complexity index is 1090. The van der Waals surface area contributed by atoms with Crippen LogP contribution in [0, 0.1) is 6.92 Å². The number of aromatic nitrogens is 4. The Labute approximate surface area is 141 Å². The summed E-state index contributed by atoms with van der Waals surface area (Å²) in [4.78, 5) is 12.3. The highest BCUT2D eigenvalue weighted by Gasteiger charge is 2.16. The van der Waals surface area contributed by atoms with Gasteiger partial charge < -0.3 is 9.73 Å². The Balaban J connectivity index is 1.71. The smallest absolute Gasteiger partial charge is 0.272 e. The maximum Gasteiger partial charge on any atom is 0.272 e. The maximum atomic E-state index is 12.3. The lowest BCUT2D eigenvalue weighted by Crippen LogP contribution is -2.22. The number of furan rings is 1. The molecule has 0 aliphatic rings. The van der Waals surface area contributed by atoms with Crippen LogP contribution < -0.4 is 10.9 Å². The third-order valence-electron chi connectivity index (χ3n) is 4.15. The molecule has 4 heterocycles. The molecule has 4 aromatic rings. The van der Waals surface area contributed by atoms with Crippen LogP contribution in [0.15, 0.2) is 32.8 Å². The molecule has 0 radical (unpaired) electrons. The van der Waals surface area contributed by atoms with Crippen LogP contribution in [0.3, 0.4) is 0 Å². The van der Waals surface area contributed by atoms with Crippen molar-refractivity contribution in [2.75, 3.05) is 0 Å². The number of aryl methyl sites for hydroxylation is 2. The topological polar surface area (TPSA) is 77.4 Å². The standard InChI is InChI=1S/C16H17N5O2S/c1-9-4-5-12(23-9)10(2)17-8-13-18-19-16-20(3)15(22)14-11(21(13)16)6-7-24-14/h4-7,10,17H,8H2,1-3H3. The SMILES string of the molecule is Cc1ccc(C(C)NCc2nnc3n(C)c(=O)c4sccc4n23)o1. The van der Waals surface area contributed by atoms with Crippen molar-refractivity contribution in [1.82, 2.24) is 24.5 Å². The Kier molecular flexibility index (Phi) is 3.50. The van der Waals surface area contributed by atoms with Crippen LogP contribution in [0.25, 0.3) is 16.0 Å². The summed E-state index contributed by atoms with van der Waals surface area (Å²) >= 11 is 1.43. The van der Waals surface area contributed by atoms with E-state index < -0.39 is 0 Å². The lowest BCUT2D eigenvalue weighted by molar-refractivity contribution is 0.413. The first-order valence-corrected chi connectivity index (χ1v) is 8.54. The molecule has 0 saturated carbocycles. The summed E-state index contributed by atoms with van der Waals surface area (Å²) in [7, 11) is 1.72. The molecule has 8 heteroatoms. The highest BCUT2D eigenvalue weighted by molar-refractivity contribution is 7.17. The Morgan fingerprint density at radius 2 is 2.17 bits per heavy atom. The van der Waals surface area contributed by atoms with Gasteiger partial charge in [0.2, 0.25) is 5.78 Å². The van der Waals surface area contributed by atoms with E-state index in [-0.39, 0.29) is 11.6 Å². The van der Waals surface area contributed by atoms with Gasteiger partial charge in [0.15, 0.2) is 5.82 Å². The quantitative estimate of drug-likeness (QED) is 0.616. The third kappa shape index (κ3) is 2.26. The molecule has 1 unspecified atom stereocenters. The van der Waals surface area contributed by atoms with Gasteiger partial charge in [-0.15, -0.1) is 21.5 Å². The van der Waals surface area contributed by atoms with Crippen LogP contribution in [0.1, 0.15) is 30.3 Å². The molecular formula is C16H17N5O2S. The molecule has 0 saturated heterocycles. The normalized spacial score (nSPS) is 13.1. The van der Waals surface area contributed by atoms with Gasteiger partial charge in [0.05, 0.1) is 18.1 Å². The van der Waals surface area contributed by atoms with Crippen molar-refractivity contribution in [2.24, 2.45) is 7.05 Å². The number of nitrogens with one attached hydrogen (secondary N) is 1. The van der Waals surface area contributed by atoms with Crippen molar-refractivity contribution in [1.29, 1.82) is 0 Å². The molecule has 0 bridgehead atoms. The predicted molar refractivity (Wildman–Crippen MR) is 92.3 cm³/mol. The van der Waals surface area contributed by atoms with Crippen molar-refractivity contribution < 1.29 is 4.42 Å². The van der Waals surface area contributed by atoms with E-state index in [2.05, 4.69) is 15.5 Å². The summed E-state index contributed by atoms with van der Waals surface area (Å²) in [5.41, 5.74) is 0.806. The summed E-state index contributed by atoms with van der Waals surface area (Å²) in [6.07, 6.45) is 0. The summed E-state index contributed by atoms with van der Waals surface area (Å²) in [5, 5.41) is 13.8. The van der Waals surface area contributed by atoms with E-state index in [0.29, 0.717) is 17.0 Å². The second kappa shape index (κ2) is 5.57. The molecule has 7 nitrogen and oxygen atoms in total. The molecule has 124 valence electrons. The summed E-state index contributed by atoms with van der Waals surface area (Å²) in [6, 6.07) is 5.90. The van der Waals surface area contributed by atoms with Crippen molar-refractivity contribution in [2.45, 2.75) is 26.4 Å². The molecule has 0 aliphatic carbocycles. The van der Waals surface area contributed by atoms with Crippen LogP contribution >= 0.6 is 11.3 Å². The maximum absolute atomic E-state index is 12.3. The van der Waals surface area contributed by atoms with Gasteiger partial charge in [0, 0.05) is 7.05 Å². The lowest BCUT2D eigenvalue weighted by atomic mass is 10.2. The monoisotopic (exact) mass is 343 g/mol. The molecule has 1 atom stereocenters. The Morgan fingerprint density at radius 3 is 2.92 bits per heavy atom. The number of rotatable bonds is 4. The predicted octanol–water partition coefficient (Wildman–Crippen LogP) is 2.39. The van der Waals surface area contributed by atoms with Crippen molar-refractivity contribution in [3.8, 4) is 0 Å². The van der Waals surface area contributed by atoms with E-state index in [9.17, 15) is 4.79 Å². The molecule has 24 heavy (non-hydrogen) atoms. The minimum absolute atomic E-state index is 0.0427. The van der Waals surface area contributed by atoms with E-state index in [1.807, 2.05) is 41.8 Å². The van der Waals surface area contributed by atoms with Gasteiger partial charge >= 0.3 is 0 Å². The lowest BCUT2D eigenvalue weighted by Gasteiger charge is -2.11. The largest absolute Gasteiger partial charge is 0.465 e. The highest BCUT2D eigenvalue weighted by Crippen LogP contribution is 2.20. The van der Waals surface area contributed by atoms with Gasteiger partial charge in [-0.05, 0) is 37.4 Å². The average molecular weight is 343 g/mol. The van der Waals surface area contributed by atoms with Crippen LogP contribution in [0.2, 0.25) is 0 Å². The Morgan fingerprint density at radius 1 is 1.33 bits per heavy atom. The van der Waals surface area contributed by atoms with E-state index >= 15 is 0 Å². The number of hydrogen-bond donors (Lipinski definition) is 1. The van der Waals surface area contributed by atoms with Crippen LogP contribution in [-0.2, 0) is 13.6 Å². The molecule has 1 N–H and O–H groups in total. The molecule has 4 aromatic heterocycles. The highest BCUT2D eigenvalue weighted by atomic mass is 32.1. The second-order valence-electron chi connectivity index (χ2n) is 5.80. The third-order valence-corrected chi connectivity index (χ3v) is 5.04. The van der Waals surface area contributed by atoms with Crippen LogP contribution in [0.4, 0.5) is 0 Å². The molecule has 0 aliphatic heterocycles. The number of hydrogen-bond acceptors (Lipinski definition) is 6. The van der Waals surface area contributed by atoms with Gasteiger partial charge in [0.25, 0.3) is 5.56 Å². The Hall–Kier alpha value is -2.45. The van der Waals surface area contributed by atoms with Crippen molar-refractivity contribution in [3.63, 3.8) is 0 Å². The zero-order valence-corrected chi connectivity index (χ0v) is 14.4. The van der Waals surface area contributed by atoms with Crippen molar-refractivity contribution >= 4 is 27.3 Å². The first-order chi connectivity index (χ1) is 11.6. The molecule has 4 rings (SSSR count). The van der Waals surface area contributed by atoms with Gasteiger partial charge in [-0.1, -0.05) is 0 Å². The fourth-order valence-electron chi connectivity index (χ4n) is 2.80. The van der Waals surface area contributed by atoms with Gasteiger partial charge in [-0.2, -0.15) is 0 Å². The zero-order chi connectivity index (χ0) is 16.8. The molecule has 0 fully saturated rings. The van der Waals surface area contributed by atoms with Crippen molar-refractivity contribution in [3.05, 3.63) is 51.3 Å². The minimum Gasteiger partial charge on any atom is -0.465 e. The number of fused-ring (bicyclic) bond motifs is 3. The second-order valence-corrected chi connectivity index (χ2v) is 6.72. The van der Waals surface area contributed by atoms with Crippen LogP contribution in [-0.4, -0.2) is 19.2 Å². The first-order valence-electron chi connectivity index (χ1n) is 7.66. The number of nitrogens with zero attached hydrogens (tertiary/aromatic N) is 4. The fraction of sp³-hybridized carbons (Fsp3) is 0.312. The summed E-state index contributed by atoms with van der Waals surface area (Å²) < 4.78 is 9.82. The summed E-state index contributed by atoms with van der Waals surface area (Å²) in [6.45, 7) is 4.48. The summed E-state index contributed by atoms with van der Waals surface area (Å²) in [5.74, 6) is 3.08. The van der Waals surface area contributed by atoms with Crippen LogP contribution in [0.5, 0.6) is 0 Å². The molecule has 0 aromatic carbocycles. The van der Waals surface area contributed by atoms with Gasteiger partial charge in [-0.3, -0.25) is 13.8 Å². The van der Waals surface area contributed by atoms with E-state index in [4.69, 9.17) is 4.42 Å². The number of thiophene rings is 1. The first kappa shape index (κ1) is 15.1. The van der Waals surface area contributed by atoms with E-state index in [1.54, 1.807) is 7.05 Å². The fourth-order valence-corrected chi connectivity index (χ4v) is 3.65. The van der Waals surface area contributed by atoms with Gasteiger partial charge in [0.1, 0.15) is 16.2 Å². The average Bonchev–Trinajstić information content (AvgIpc) is 3.28. The minimum atomic E-state index is -0.0427. The molecular weight excluding hydrogens is 326 g/mol. The molecule has 0 spiro atoms. The van der Waals surface area contributed by atoms with E-state index in [0.717, 1.165) is 22.9 Å². The van der Waals surface area contributed by atoms with Gasteiger partial charge in [-0.25, -0.2) is 0 Å².